The average Bonchev–Trinajstić information content (AvgIpc) is 3.06. The number of amides is 1. The lowest BCUT2D eigenvalue weighted by molar-refractivity contribution is -0.144. The third kappa shape index (κ3) is 5.41. The van der Waals surface area contributed by atoms with Crippen molar-refractivity contribution in [3.05, 3.63) is 30.3 Å². The number of nitrogens with zero attached hydrogens (tertiary/aromatic N) is 2. The van der Waals surface area contributed by atoms with Crippen LogP contribution in [0.3, 0.4) is 0 Å². The lowest BCUT2D eigenvalue weighted by Gasteiger charge is -2.29. The van der Waals surface area contributed by atoms with Crippen molar-refractivity contribution in [2.75, 3.05) is 23.9 Å². The second-order valence-electron chi connectivity index (χ2n) is 7.53. The summed E-state index contributed by atoms with van der Waals surface area (Å²) in [7, 11) is -6.11. The Kier molecular flexibility index (Phi) is 8.16. The van der Waals surface area contributed by atoms with E-state index in [-0.39, 0.29) is 37.9 Å². The number of anilines is 1. The Bertz CT molecular complexity index is 888. The van der Waals surface area contributed by atoms with Crippen LogP contribution in [0, 0.1) is 5.92 Å². The number of hydrogen-bond acceptors (Lipinski definition) is 9. The van der Waals surface area contributed by atoms with Crippen LogP contribution in [0.1, 0.15) is 12.8 Å². The summed E-state index contributed by atoms with van der Waals surface area (Å²) in [6, 6.07) is 6.23. The Morgan fingerprint density at radius 1 is 1.29 bits per heavy atom. The molecule has 0 bridgehead atoms. The van der Waals surface area contributed by atoms with E-state index in [1.165, 1.54) is 24.3 Å². The maximum atomic E-state index is 13.4. The fourth-order valence-corrected chi connectivity index (χ4v) is 5.24. The van der Waals surface area contributed by atoms with E-state index in [4.69, 9.17) is 27.2 Å². The molecule has 0 saturated carbocycles. The molecule has 1 aliphatic heterocycles. The highest BCUT2D eigenvalue weighted by molar-refractivity contribution is 7.91. The quantitative estimate of drug-likeness (QED) is 0.203. The molecule has 0 spiro atoms. The normalized spacial score (nSPS) is 22.8. The molecule has 1 amide bonds. The zero-order chi connectivity index (χ0) is 23.4. The Labute approximate surface area is 180 Å². The highest BCUT2D eigenvalue weighted by Crippen LogP contribution is 2.34. The van der Waals surface area contributed by atoms with Crippen molar-refractivity contribution >= 4 is 34.9 Å². The number of aliphatic carboxylic acids is 1. The first-order valence-corrected chi connectivity index (χ1v) is 11.1. The molecule has 0 radical (unpaired) electrons. The number of carboxylic acids is 1. The van der Waals surface area contributed by atoms with Crippen molar-refractivity contribution in [1.82, 2.24) is 4.31 Å². The molecule has 1 aromatic carbocycles. The van der Waals surface area contributed by atoms with E-state index in [1.54, 1.807) is 6.07 Å². The van der Waals surface area contributed by atoms with Crippen LogP contribution < -0.4 is 21.5 Å². The molecule has 0 aliphatic carbocycles. The number of para-hydroxylation sites is 1. The van der Waals surface area contributed by atoms with E-state index in [0.717, 1.165) is 4.31 Å². The van der Waals surface area contributed by atoms with Crippen molar-refractivity contribution in [2.45, 2.75) is 30.7 Å². The van der Waals surface area contributed by atoms with Gasteiger partial charge < -0.3 is 32.4 Å². The second-order valence-corrected chi connectivity index (χ2v) is 9.31. The van der Waals surface area contributed by atoms with Crippen LogP contribution in [-0.2, 0) is 19.8 Å². The SMILES string of the molecule is NCC(N)C(=O)N(c1ccccc1)S(=O)(=O)N1C[C@H](CCCB(O)O)[C@](N)(C(=O)O)C1. The van der Waals surface area contributed by atoms with Gasteiger partial charge in [-0.05, 0) is 24.9 Å². The van der Waals surface area contributed by atoms with Crippen LogP contribution in [0.2, 0.25) is 6.32 Å². The Morgan fingerprint density at radius 2 is 1.90 bits per heavy atom. The lowest BCUT2D eigenvalue weighted by Crippen LogP contribution is -2.57. The number of rotatable bonds is 10. The van der Waals surface area contributed by atoms with Crippen LogP contribution in [0.4, 0.5) is 5.69 Å². The summed E-state index contributed by atoms with van der Waals surface area (Å²) in [5.74, 6) is -3.16. The van der Waals surface area contributed by atoms with Gasteiger partial charge in [-0.3, -0.25) is 9.59 Å². The van der Waals surface area contributed by atoms with Gasteiger partial charge in [-0.2, -0.15) is 17.0 Å². The molecule has 1 fully saturated rings. The van der Waals surface area contributed by atoms with Crippen molar-refractivity contribution in [2.24, 2.45) is 23.1 Å². The topological polar surface area (TPSA) is 214 Å². The molecule has 1 saturated heterocycles. The zero-order valence-corrected chi connectivity index (χ0v) is 17.7. The van der Waals surface area contributed by atoms with Gasteiger partial charge in [0.2, 0.25) is 0 Å². The van der Waals surface area contributed by atoms with Crippen molar-refractivity contribution in [3.63, 3.8) is 0 Å². The fraction of sp³-hybridized carbons (Fsp3) is 0.529. The largest absolute Gasteiger partial charge is 0.480 e. The molecule has 31 heavy (non-hydrogen) atoms. The number of hydrogen-bond donors (Lipinski definition) is 6. The van der Waals surface area contributed by atoms with E-state index < -0.39 is 53.2 Å². The number of carboxylic acid groups (broad SMARTS) is 1. The monoisotopic (exact) mass is 457 g/mol. The molecule has 12 nitrogen and oxygen atoms in total. The highest BCUT2D eigenvalue weighted by atomic mass is 32.2. The number of benzene rings is 1. The molecule has 14 heteroatoms. The number of carbonyl (C=O) groups is 2. The average molecular weight is 457 g/mol. The molecule has 172 valence electrons. The van der Waals surface area contributed by atoms with E-state index in [1.807, 2.05) is 0 Å². The molecule has 2 rings (SSSR count). The van der Waals surface area contributed by atoms with Crippen LogP contribution in [0.15, 0.2) is 30.3 Å². The minimum atomic E-state index is -4.55. The summed E-state index contributed by atoms with van der Waals surface area (Å²) in [4.78, 5) is 24.7. The van der Waals surface area contributed by atoms with Crippen LogP contribution in [0.5, 0.6) is 0 Å². The maximum Gasteiger partial charge on any atom is 0.451 e. The van der Waals surface area contributed by atoms with E-state index in [9.17, 15) is 23.1 Å². The molecular weight excluding hydrogens is 429 g/mol. The number of nitrogens with two attached hydrogens (primary N) is 3. The summed E-state index contributed by atoms with van der Waals surface area (Å²) < 4.78 is 28.2. The zero-order valence-electron chi connectivity index (χ0n) is 16.9. The van der Waals surface area contributed by atoms with Crippen LogP contribution in [-0.4, -0.2) is 78.1 Å². The first-order chi connectivity index (χ1) is 14.4. The van der Waals surface area contributed by atoms with Gasteiger partial charge in [0.1, 0.15) is 5.54 Å². The van der Waals surface area contributed by atoms with Crippen LogP contribution in [0.25, 0.3) is 0 Å². The highest BCUT2D eigenvalue weighted by Gasteiger charge is 2.54. The predicted octanol–water partition coefficient (Wildman–Crippen LogP) is -2.48. The second kappa shape index (κ2) is 10.0. The van der Waals surface area contributed by atoms with Gasteiger partial charge in [0.15, 0.2) is 0 Å². The first kappa shape index (κ1) is 25.2. The minimum absolute atomic E-state index is 0.0150. The summed E-state index contributed by atoms with van der Waals surface area (Å²) in [5.41, 5.74) is 15.4. The van der Waals surface area contributed by atoms with E-state index in [2.05, 4.69) is 0 Å². The summed E-state index contributed by atoms with van der Waals surface area (Å²) in [6.45, 7) is -1.12. The van der Waals surface area contributed by atoms with E-state index >= 15 is 0 Å². The summed E-state index contributed by atoms with van der Waals surface area (Å²) in [6.07, 6.45) is 0.356. The molecular formula is C17H28BN5O7S. The van der Waals surface area contributed by atoms with Gasteiger partial charge in [0.05, 0.1) is 11.7 Å². The Morgan fingerprint density at radius 3 is 2.42 bits per heavy atom. The van der Waals surface area contributed by atoms with Crippen molar-refractivity contribution in [1.29, 1.82) is 0 Å². The fourth-order valence-electron chi connectivity index (χ4n) is 3.51. The molecule has 1 aromatic rings. The third-order valence-corrected chi connectivity index (χ3v) is 7.11. The predicted molar refractivity (Wildman–Crippen MR) is 114 cm³/mol. The first-order valence-electron chi connectivity index (χ1n) is 9.68. The summed E-state index contributed by atoms with van der Waals surface area (Å²) in [5, 5.41) is 27.7. The Hall–Kier alpha value is -2.07. The molecule has 0 aromatic heterocycles. The van der Waals surface area contributed by atoms with Gasteiger partial charge in [0, 0.05) is 25.6 Å². The van der Waals surface area contributed by atoms with E-state index in [0.29, 0.717) is 4.31 Å². The molecule has 9 N–H and O–H groups in total. The standard InChI is InChI=1S/C17H28BN5O7S/c19-9-14(20)15(24)23(13-6-2-1-3-7-13)31(29,30)22-10-12(5-4-8-18(27)28)17(21,11-22)16(25)26/h1-3,6-7,12,14,27-28H,4-5,8-11,19-21H2,(H,25,26)/t12-,14?,17-/m0/s1. The lowest BCUT2D eigenvalue weighted by atomic mass is 9.78. The van der Waals surface area contributed by atoms with Gasteiger partial charge >= 0.3 is 23.3 Å². The number of carbonyl (C=O) groups excluding carboxylic acids is 1. The van der Waals surface area contributed by atoms with Crippen LogP contribution >= 0.6 is 0 Å². The maximum absolute atomic E-state index is 13.4. The minimum Gasteiger partial charge on any atom is -0.480 e. The smallest absolute Gasteiger partial charge is 0.451 e. The van der Waals surface area contributed by atoms with Gasteiger partial charge in [-0.15, -0.1) is 0 Å². The molecule has 1 aliphatic rings. The van der Waals surface area contributed by atoms with Crippen molar-refractivity contribution in [3.8, 4) is 0 Å². The Balaban J connectivity index is 2.40. The molecule has 1 unspecified atom stereocenters. The van der Waals surface area contributed by atoms with Gasteiger partial charge in [-0.25, -0.2) is 0 Å². The van der Waals surface area contributed by atoms with Gasteiger partial charge in [0.25, 0.3) is 5.91 Å². The molecule has 1 heterocycles. The third-order valence-electron chi connectivity index (χ3n) is 5.32. The molecule has 3 atom stereocenters. The van der Waals surface area contributed by atoms with Gasteiger partial charge in [-0.1, -0.05) is 24.6 Å². The van der Waals surface area contributed by atoms with Crippen molar-refractivity contribution < 1.29 is 33.2 Å². The summed E-state index contributed by atoms with van der Waals surface area (Å²) >= 11 is 0.